The second-order valence-electron chi connectivity index (χ2n) is 3.86. The molecule has 0 aromatic carbocycles. The van der Waals surface area contributed by atoms with Crippen molar-refractivity contribution < 1.29 is 14.3 Å². The predicted molar refractivity (Wildman–Crippen MR) is 60.8 cm³/mol. The molecule has 0 radical (unpaired) electrons. The number of halogens is 1. The molecular formula is C10H18FN3O2. The van der Waals surface area contributed by atoms with Crippen LogP contribution in [0, 0.1) is 0 Å². The van der Waals surface area contributed by atoms with Crippen LogP contribution in [0.2, 0.25) is 0 Å². The van der Waals surface area contributed by atoms with Crippen molar-refractivity contribution in [1.29, 1.82) is 0 Å². The first-order valence-electron chi connectivity index (χ1n) is 4.89. The first-order valence-corrected chi connectivity index (χ1v) is 4.89. The van der Waals surface area contributed by atoms with Crippen molar-refractivity contribution >= 4 is 11.8 Å². The highest BCUT2D eigenvalue weighted by molar-refractivity contribution is 5.78. The molecule has 1 atom stereocenters. The largest absolute Gasteiger partial charge is 0.480 e. The minimum Gasteiger partial charge on any atom is -0.480 e. The van der Waals surface area contributed by atoms with E-state index in [9.17, 15) is 9.18 Å². The Bertz CT molecular complexity index is 307. The van der Waals surface area contributed by atoms with Gasteiger partial charge < -0.3 is 16.6 Å². The Morgan fingerprint density at radius 1 is 1.62 bits per heavy atom. The molecule has 0 aromatic rings. The number of carbonyl (C=O) groups is 1. The van der Waals surface area contributed by atoms with Crippen LogP contribution in [0.3, 0.4) is 0 Å². The number of aliphatic carboxylic acids is 1. The van der Waals surface area contributed by atoms with E-state index >= 15 is 0 Å². The average molecular weight is 231 g/mol. The lowest BCUT2D eigenvalue weighted by Gasteiger charge is -2.17. The topological polar surface area (TPSA) is 102 Å². The molecule has 0 rings (SSSR count). The van der Waals surface area contributed by atoms with Crippen LogP contribution in [0.15, 0.2) is 16.9 Å². The molecule has 0 spiro atoms. The van der Waals surface area contributed by atoms with E-state index in [0.717, 1.165) is 0 Å². The molecule has 0 fully saturated rings. The zero-order valence-electron chi connectivity index (χ0n) is 9.53. The molecule has 0 aliphatic carbocycles. The molecule has 0 bridgehead atoms. The van der Waals surface area contributed by atoms with Gasteiger partial charge >= 0.3 is 5.97 Å². The van der Waals surface area contributed by atoms with Crippen LogP contribution in [0.1, 0.15) is 26.7 Å². The summed E-state index contributed by atoms with van der Waals surface area (Å²) in [6, 6.07) is 0. The van der Waals surface area contributed by atoms with E-state index in [4.69, 9.17) is 16.6 Å². The molecular weight excluding hydrogens is 213 g/mol. The summed E-state index contributed by atoms with van der Waals surface area (Å²) in [6.07, 6.45) is 1.32. The Morgan fingerprint density at radius 2 is 2.19 bits per heavy atom. The zero-order valence-corrected chi connectivity index (χ0v) is 9.53. The third-order valence-electron chi connectivity index (χ3n) is 1.88. The van der Waals surface area contributed by atoms with E-state index in [1.54, 1.807) is 6.92 Å². The fourth-order valence-corrected chi connectivity index (χ4v) is 0.961. The number of hydrogen-bond acceptors (Lipinski definition) is 3. The number of rotatable bonds is 6. The van der Waals surface area contributed by atoms with Crippen molar-refractivity contribution in [2.45, 2.75) is 32.2 Å². The number of aliphatic imine (C=N–C) groups is 1. The summed E-state index contributed by atoms with van der Waals surface area (Å²) in [6.45, 7) is 3.29. The van der Waals surface area contributed by atoms with Gasteiger partial charge in [0.15, 0.2) is 0 Å². The summed E-state index contributed by atoms with van der Waals surface area (Å²) in [7, 11) is 0. The highest BCUT2D eigenvalue weighted by Gasteiger charge is 2.29. The second-order valence-corrected chi connectivity index (χ2v) is 3.86. The van der Waals surface area contributed by atoms with Crippen LogP contribution < -0.4 is 11.5 Å². The van der Waals surface area contributed by atoms with Crippen LogP contribution in [-0.4, -0.2) is 29.0 Å². The van der Waals surface area contributed by atoms with Gasteiger partial charge in [-0.05, 0) is 20.3 Å². The molecule has 0 unspecified atom stereocenters. The van der Waals surface area contributed by atoms with Gasteiger partial charge in [0.1, 0.15) is 5.54 Å². The van der Waals surface area contributed by atoms with Crippen LogP contribution >= 0.6 is 0 Å². The van der Waals surface area contributed by atoms with Gasteiger partial charge in [-0.15, -0.1) is 0 Å². The molecule has 0 saturated carbocycles. The van der Waals surface area contributed by atoms with Crippen LogP contribution in [0.5, 0.6) is 0 Å². The Balaban J connectivity index is 4.16. The van der Waals surface area contributed by atoms with Crippen LogP contribution in [0.4, 0.5) is 4.39 Å². The first kappa shape index (κ1) is 14.6. The van der Waals surface area contributed by atoms with E-state index in [2.05, 4.69) is 4.99 Å². The lowest BCUT2D eigenvalue weighted by Crippen LogP contribution is -2.44. The monoisotopic (exact) mass is 231 g/mol. The third-order valence-corrected chi connectivity index (χ3v) is 1.88. The molecule has 0 saturated heterocycles. The van der Waals surface area contributed by atoms with Gasteiger partial charge in [-0.1, -0.05) is 6.08 Å². The summed E-state index contributed by atoms with van der Waals surface area (Å²) in [5.74, 6) is -1.34. The van der Waals surface area contributed by atoms with E-state index in [1.807, 2.05) is 0 Å². The average Bonchev–Trinajstić information content (AvgIpc) is 2.11. The standard InChI is InChI=1S/C10H18FN3O2/c1-7(12)14-5-3-4-8(11)6-10(2,13)9(15)16/h4H,3,5-6,13H2,1-2H3,(H2,12,14)(H,15,16)/b8-4-/t10-/m0/s1. The van der Waals surface area contributed by atoms with Crippen molar-refractivity contribution in [2.24, 2.45) is 16.5 Å². The molecule has 5 nitrogen and oxygen atoms in total. The van der Waals surface area contributed by atoms with Gasteiger partial charge in [0.25, 0.3) is 0 Å². The van der Waals surface area contributed by atoms with Crippen molar-refractivity contribution in [3.8, 4) is 0 Å². The smallest absolute Gasteiger partial charge is 0.323 e. The van der Waals surface area contributed by atoms with Crippen molar-refractivity contribution in [3.63, 3.8) is 0 Å². The molecule has 16 heavy (non-hydrogen) atoms. The molecule has 0 amide bonds. The fourth-order valence-electron chi connectivity index (χ4n) is 0.961. The quantitative estimate of drug-likeness (QED) is 0.357. The third kappa shape index (κ3) is 6.13. The Hall–Kier alpha value is -1.43. The first-order chi connectivity index (χ1) is 7.25. The maximum absolute atomic E-state index is 13.2. The minimum absolute atomic E-state index is 0.326. The molecule has 0 aliphatic rings. The Morgan fingerprint density at radius 3 is 2.62 bits per heavy atom. The normalized spacial score (nSPS) is 17.0. The van der Waals surface area contributed by atoms with Gasteiger partial charge in [-0.3, -0.25) is 9.79 Å². The summed E-state index contributed by atoms with van der Waals surface area (Å²) >= 11 is 0. The highest BCUT2D eigenvalue weighted by atomic mass is 19.1. The van der Waals surface area contributed by atoms with Gasteiger partial charge in [-0.2, -0.15) is 0 Å². The number of nitrogens with two attached hydrogens (primary N) is 2. The molecule has 5 N–H and O–H groups in total. The lowest BCUT2D eigenvalue weighted by atomic mass is 9.98. The highest BCUT2D eigenvalue weighted by Crippen LogP contribution is 2.15. The number of hydrogen-bond donors (Lipinski definition) is 3. The minimum atomic E-state index is -1.58. The Kier molecular flexibility index (Phi) is 5.66. The number of carboxylic acid groups (broad SMARTS) is 1. The summed E-state index contributed by atoms with van der Waals surface area (Å²) in [5, 5.41) is 8.68. The zero-order chi connectivity index (χ0) is 12.8. The molecule has 92 valence electrons. The number of amidine groups is 1. The summed E-state index contributed by atoms with van der Waals surface area (Å²) in [4.78, 5) is 14.5. The van der Waals surface area contributed by atoms with E-state index < -0.39 is 17.3 Å². The summed E-state index contributed by atoms with van der Waals surface area (Å²) in [5.41, 5.74) is 9.10. The molecule has 0 aromatic heterocycles. The van der Waals surface area contributed by atoms with Crippen molar-refractivity contribution in [2.75, 3.05) is 6.54 Å². The second kappa shape index (κ2) is 6.22. The maximum Gasteiger partial charge on any atom is 0.323 e. The summed E-state index contributed by atoms with van der Waals surface area (Å²) < 4.78 is 13.2. The van der Waals surface area contributed by atoms with Gasteiger partial charge in [0, 0.05) is 13.0 Å². The van der Waals surface area contributed by atoms with E-state index in [-0.39, 0.29) is 6.42 Å². The van der Waals surface area contributed by atoms with E-state index in [0.29, 0.717) is 18.8 Å². The molecule has 0 heterocycles. The van der Waals surface area contributed by atoms with Crippen molar-refractivity contribution in [1.82, 2.24) is 0 Å². The van der Waals surface area contributed by atoms with Crippen LogP contribution in [-0.2, 0) is 4.79 Å². The maximum atomic E-state index is 13.2. The molecule has 0 aliphatic heterocycles. The van der Waals surface area contributed by atoms with Crippen LogP contribution in [0.25, 0.3) is 0 Å². The number of carboxylic acids is 1. The van der Waals surface area contributed by atoms with Gasteiger partial charge in [0.05, 0.1) is 11.7 Å². The SMILES string of the molecule is CC(N)=NCC/C=C(\F)C[C@](C)(N)C(=O)O. The van der Waals surface area contributed by atoms with Crippen molar-refractivity contribution in [3.05, 3.63) is 11.9 Å². The number of nitrogens with zero attached hydrogens (tertiary/aromatic N) is 1. The fraction of sp³-hybridized carbons (Fsp3) is 0.600. The molecule has 6 heteroatoms. The van der Waals surface area contributed by atoms with E-state index in [1.165, 1.54) is 13.0 Å². The van der Waals surface area contributed by atoms with Gasteiger partial charge in [-0.25, -0.2) is 4.39 Å². The Labute approximate surface area is 94.0 Å². The van der Waals surface area contributed by atoms with Gasteiger partial charge in [0.2, 0.25) is 0 Å². The lowest BCUT2D eigenvalue weighted by molar-refractivity contribution is -0.142. The predicted octanol–water partition coefficient (Wildman–Crippen LogP) is 0.799.